The van der Waals surface area contributed by atoms with Gasteiger partial charge in [0.15, 0.2) is 0 Å². The second-order valence-corrected chi connectivity index (χ2v) is 8.04. The lowest BCUT2D eigenvalue weighted by atomic mass is 9.89. The van der Waals surface area contributed by atoms with Gasteiger partial charge in [-0.25, -0.2) is 4.31 Å². The molecule has 0 aliphatic carbocycles. The third-order valence-electron chi connectivity index (χ3n) is 4.93. The molecule has 0 saturated carbocycles. The van der Waals surface area contributed by atoms with E-state index in [4.69, 9.17) is 4.99 Å². The smallest absolute Gasteiger partial charge is 0.312 e. The van der Waals surface area contributed by atoms with Gasteiger partial charge in [-0.3, -0.25) is 9.79 Å². The summed E-state index contributed by atoms with van der Waals surface area (Å²) < 4.78 is 38.3. The summed E-state index contributed by atoms with van der Waals surface area (Å²) in [6.07, 6.45) is 1.94. The number of unbranched alkanes of at least 4 members (excludes halogenated alkanes) is 5. The van der Waals surface area contributed by atoms with Crippen LogP contribution in [0.2, 0.25) is 0 Å². The Bertz CT molecular complexity index is 514. The normalized spacial score (nSPS) is 20.3. The molecule has 0 aromatic heterocycles. The fourth-order valence-electron chi connectivity index (χ4n) is 3.43. The fraction of sp³-hybridized carbons (Fsp3) is 0.778. The molecular weight excluding hydrogens is 363 g/mol. The van der Waals surface area contributed by atoms with Crippen LogP contribution < -0.4 is 5.32 Å². The highest BCUT2D eigenvalue weighted by molar-refractivity contribution is 7.99. The molecule has 2 rings (SSSR count). The third-order valence-corrected chi connectivity index (χ3v) is 5.74. The van der Waals surface area contributed by atoms with E-state index in [1.54, 1.807) is 17.4 Å². The van der Waals surface area contributed by atoms with E-state index in [2.05, 4.69) is 16.2 Å². The van der Waals surface area contributed by atoms with E-state index >= 15 is 0 Å². The molecule has 0 atom stereocenters. The topological polar surface area (TPSA) is 44.7 Å². The summed E-state index contributed by atoms with van der Waals surface area (Å²) in [6.45, 7) is 5.35. The van der Waals surface area contributed by atoms with Gasteiger partial charge in [0.1, 0.15) is 11.4 Å². The molecule has 0 aromatic carbocycles. The number of hydrogen-bond donors (Lipinski definition) is 1. The molecule has 8 heteroatoms. The third kappa shape index (κ3) is 6.61. The standard InChI is InChI=1S/C18H28F3N3OS/c1-2-26-24-13-11-17(12-14-24)16(25)22-15(23-17)9-7-5-3-4-6-8-10-18(19,20)21/h2H,1,3-14H2,(H,22,23,25). The van der Waals surface area contributed by atoms with Crippen LogP contribution in [-0.2, 0) is 4.79 Å². The molecule has 2 heterocycles. The SMILES string of the molecule is C=CSN1CCC2(CC1)N=C(CCCCCCCCC(F)(F)F)NC2=O. The minimum absolute atomic E-state index is 0.0166. The van der Waals surface area contributed by atoms with Gasteiger partial charge in [0.25, 0.3) is 5.91 Å². The molecule has 0 bridgehead atoms. The Morgan fingerprint density at radius 3 is 2.38 bits per heavy atom. The molecule has 2 aliphatic rings. The average molecular weight is 392 g/mol. The molecular formula is C18H28F3N3OS. The van der Waals surface area contributed by atoms with E-state index in [0.29, 0.717) is 6.42 Å². The summed E-state index contributed by atoms with van der Waals surface area (Å²) in [5.74, 6) is 0.791. The highest BCUT2D eigenvalue weighted by atomic mass is 32.2. The highest BCUT2D eigenvalue weighted by Crippen LogP contribution is 2.33. The number of hydrogen-bond acceptors (Lipinski definition) is 4. The van der Waals surface area contributed by atoms with Gasteiger partial charge in [0, 0.05) is 25.9 Å². The molecule has 1 N–H and O–H groups in total. The quantitative estimate of drug-likeness (QED) is 0.429. The van der Waals surface area contributed by atoms with Crippen LogP contribution in [0.4, 0.5) is 13.2 Å². The Hall–Kier alpha value is -1.02. The van der Waals surface area contributed by atoms with Crippen molar-refractivity contribution in [2.24, 2.45) is 4.99 Å². The number of alkyl halides is 3. The maximum atomic E-state index is 12.4. The summed E-state index contributed by atoms with van der Waals surface area (Å²) in [6, 6.07) is 0. The van der Waals surface area contributed by atoms with Gasteiger partial charge in [0.2, 0.25) is 0 Å². The second kappa shape index (κ2) is 9.78. The molecule has 1 saturated heterocycles. The molecule has 4 nitrogen and oxygen atoms in total. The van der Waals surface area contributed by atoms with Crippen molar-refractivity contribution in [1.82, 2.24) is 9.62 Å². The van der Waals surface area contributed by atoms with Crippen molar-refractivity contribution in [3.8, 4) is 0 Å². The van der Waals surface area contributed by atoms with Gasteiger partial charge in [-0.2, -0.15) is 13.2 Å². The predicted molar refractivity (Wildman–Crippen MR) is 99.9 cm³/mol. The molecule has 26 heavy (non-hydrogen) atoms. The average Bonchev–Trinajstić information content (AvgIpc) is 2.87. The van der Waals surface area contributed by atoms with Crippen LogP contribution in [0.3, 0.4) is 0 Å². The van der Waals surface area contributed by atoms with Crippen LogP contribution in [0.1, 0.15) is 64.2 Å². The number of amidine groups is 1. The monoisotopic (exact) mass is 391 g/mol. The van der Waals surface area contributed by atoms with Gasteiger partial charge in [-0.05, 0) is 31.1 Å². The van der Waals surface area contributed by atoms with Crippen molar-refractivity contribution >= 4 is 23.7 Å². The molecule has 0 radical (unpaired) electrons. The lowest BCUT2D eigenvalue weighted by Gasteiger charge is -2.33. The van der Waals surface area contributed by atoms with Gasteiger partial charge in [0.05, 0.1) is 0 Å². The van der Waals surface area contributed by atoms with E-state index in [9.17, 15) is 18.0 Å². The largest absolute Gasteiger partial charge is 0.389 e. The Labute approximate surface area is 157 Å². The van der Waals surface area contributed by atoms with Gasteiger partial charge in [-0.15, -0.1) is 0 Å². The number of halogens is 3. The van der Waals surface area contributed by atoms with E-state index in [1.807, 2.05) is 0 Å². The first-order chi connectivity index (χ1) is 12.3. The number of piperidine rings is 1. The van der Waals surface area contributed by atoms with Gasteiger partial charge < -0.3 is 5.32 Å². The van der Waals surface area contributed by atoms with Gasteiger partial charge in [-0.1, -0.05) is 44.2 Å². The molecule has 0 unspecified atom stereocenters. The number of nitrogens with one attached hydrogen (secondary N) is 1. The molecule has 0 aromatic rings. The zero-order valence-corrected chi connectivity index (χ0v) is 15.9. The van der Waals surface area contributed by atoms with Crippen molar-refractivity contribution in [3.63, 3.8) is 0 Å². The zero-order chi connectivity index (χ0) is 19.0. The Morgan fingerprint density at radius 1 is 1.15 bits per heavy atom. The summed E-state index contributed by atoms with van der Waals surface area (Å²) >= 11 is 1.58. The molecule has 1 fully saturated rings. The predicted octanol–water partition coefficient (Wildman–Crippen LogP) is 4.82. The van der Waals surface area contributed by atoms with Crippen LogP contribution in [-0.4, -0.2) is 40.9 Å². The molecule has 148 valence electrons. The molecule has 1 amide bonds. The number of carbonyl (C=O) groups is 1. The number of aliphatic imine (C=N–C) groups is 1. The minimum Gasteiger partial charge on any atom is -0.312 e. The Kier molecular flexibility index (Phi) is 8.01. The lowest BCUT2D eigenvalue weighted by molar-refractivity contribution is -0.135. The second-order valence-electron chi connectivity index (χ2n) is 6.98. The lowest BCUT2D eigenvalue weighted by Crippen LogP contribution is -2.47. The first kappa shape index (κ1) is 21.3. The Balaban J connectivity index is 1.62. The number of carbonyl (C=O) groups excluding carboxylic acids is 1. The van der Waals surface area contributed by atoms with Crippen LogP contribution in [0, 0.1) is 0 Å². The maximum Gasteiger partial charge on any atom is 0.389 e. The van der Waals surface area contributed by atoms with E-state index in [1.165, 1.54) is 0 Å². The van der Waals surface area contributed by atoms with Gasteiger partial charge >= 0.3 is 6.18 Å². The van der Waals surface area contributed by atoms with Crippen molar-refractivity contribution in [3.05, 3.63) is 12.0 Å². The summed E-state index contributed by atoms with van der Waals surface area (Å²) in [4.78, 5) is 17.0. The summed E-state index contributed by atoms with van der Waals surface area (Å²) in [5, 5.41) is 4.73. The van der Waals surface area contributed by atoms with Crippen LogP contribution in [0.25, 0.3) is 0 Å². The van der Waals surface area contributed by atoms with E-state index < -0.39 is 18.1 Å². The number of nitrogens with zero attached hydrogens (tertiary/aromatic N) is 2. The van der Waals surface area contributed by atoms with Crippen molar-refractivity contribution in [2.75, 3.05) is 13.1 Å². The first-order valence-electron chi connectivity index (χ1n) is 9.34. The zero-order valence-electron chi connectivity index (χ0n) is 15.1. The highest BCUT2D eigenvalue weighted by Gasteiger charge is 2.45. The van der Waals surface area contributed by atoms with Crippen molar-refractivity contribution in [2.45, 2.75) is 75.9 Å². The summed E-state index contributed by atoms with van der Waals surface area (Å²) in [7, 11) is 0. The van der Waals surface area contributed by atoms with Crippen LogP contribution in [0.15, 0.2) is 17.0 Å². The minimum atomic E-state index is -4.03. The van der Waals surface area contributed by atoms with Crippen LogP contribution in [0.5, 0.6) is 0 Å². The molecule has 1 spiro atoms. The number of rotatable bonds is 10. The fourth-order valence-corrected chi connectivity index (χ4v) is 4.04. The molecule has 2 aliphatic heterocycles. The van der Waals surface area contributed by atoms with E-state index in [-0.39, 0.29) is 12.3 Å². The van der Waals surface area contributed by atoms with Crippen molar-refractivity contribution in [1.29, 1.82) is 0 Å². The van der Waals surface area contributed by atoms with Crippen LogP contribution >= 0.6 is 11.9 Å². The number of amides is 1. The Morgan fingerprint density at radius 2 is 1.77 bits per heavy atom. The van der Waals surface area contributed by atoms with Crippen molar-refractivity contribution < 1.29 is 18.0 Å². The van der Waals surface area contributed by atoms with E-state index in [0.717, 1.165) is 63.9 Å². The maximum absolute atomic E-state index is 12.4. The summed E-state index contributed by atoms with van der Waals surface area (Å²) in [5.41, 5.74) is -0.592. The first-order valence-corrected chi connectivity index (χ1v) is 10.2.